The van der Waals surface area contributed by atoms with E-state index in [4.69, 9.17) is 10.9 Å². The molecule has 0 aromatic heterocycles. The Morgan fingerprint density at radius 2 is 2.24 bits per heavy atom. The number of carbonyl (C=O) groups is 1. The van der Waals surface area contributed by atoms with E-state index >= 15 is 0 Å². The van der Waals surface area contributed by atoms with Crippen LogP contribution in [0.25, 0.3) is 0 Å². The summed E-state index contributed by atoms with van der Waals surface area (Å²) in [5, 5.41) is 17.3. The Balaban J connectivity index is 1.76. The number of oxime groups is 1. The SMILES string of the molecule is NC(=NO)c1ccc(CNCCC(=O)NC2CC2)c(F)c1. The molecule has 1 saturated carbocycles. The van der Waals surface area contributed by atoms with Crippen molar-refractivity contribution >= 4 is 11.7 Å². The van der Waals surface area contributed by atoms with E-state index in [1.807, 2.05) is 0 Å². The van der Waals surface area contributed by atoms with Gasteiger partial charge in [-0.05, 0) is 18.9 Å². The highest BCUT2D eigenvalue weighted by atomic mass is 19.1. The zero-order chi connectivity index (χ0) is 15.2. The first-order valence-electron chi connectivity index (χ1n) is 6.86. The molecule has 1 aromatic rings. The van der Waals surface area contributed by atoms with Crippen LogP contribution >= 0.6 is 0 Å². The Hall–Kier alpha value is -2.15. The van der Waals surface area contributed by atoms with Crippen LogP contribution in [0.4, 0.5) is 4.39 Å². The molecule has 0 bridgehead atoms. The molecular formula is C14H19FN4O2. The van der Waals surface area contributed by atoms with E-state index in [9.17, 15) is 9.18 Å². The van der Waals surface area contributed by atoms with Crippen molar-refractivity contribution in [2.24, 2.45) is 10.9 Å². The van der Waals surface area contributed by atoms with Gasteiger partial charge in [-0.25, -0.2) is 4.39 Å². The number of benzene rings is 1. The number of hydrogen-bond donors (Lipinski definition) is 4. The average molecular weight is 294 g/mol. The first kappa shape index (κ1) is 15.2. The number of hydrogen-bond acceptors (Lipinski definition) is 4. The quantitative estimate of drug-likeness (QED) is 0.195. The molecule has 0 unspecified atom stereocenters. The minimum atomic E-state index is -0.436. The highest BCUT2D eigenvalue weighted by Gasteiger charge is 2.22. The first-order valence-corrected chi connectivity index (χ1v) is 6.86. The number of nitrogens with one attached hydrogen (secondary N) is 2. The largest absolute Gasteiger partial charge is 0.409 e. The third-order valence-electron chi connectivity index (χ3n) is 3.24. The van der Waals surface area contributed by atoms with Gasteiger partial charge in [0.2, 0.25) is 5.91 Å². The number of carbonyl (C=O) groups excluding carboxylic acids is 1. The molecule has 5 N–H and O–H groups in total. The molecule has 0 spiro atoms. The van der Waals surface area contributed by atoms with E-state index in [0.29, 0.717) is 36.7 Å². The molecule has 0 aliphatic heterocycles. The number of halogens is 1. The number of amides is 1. The lowest BCUT2D eigenvalue weighted by Crippen LogP contribution is -2.29. The van der Waals surface area contributed by atoms with Gasteiger partial charge in [-0.1, -0.05) is 17.3 Å². The predicted octanol–water partition coefficient (Wildman–Crippen LogP) is 0.678. The van der Waals surface area contributed by atoms with Crippen molar-refractivity contribution in [2.45, 2.75) is 31.8 Å². The molecule has 1 aliphatic rings. The number of nitrogens with two attached hydrogens (primary N) is 1. The van der Waals surface area contributed by atoms with Gasteiger partial charge < -0.3 is 21.6 Å². The van der Waals surface area contributed by atoms with Crippen molar-refractivity contribution in [3.05, 3.63) is 35.1 Å². The highest BCUT2D eigenvalue weighted by molar-refractivity contribution is 5.97. The van der Waals surface area contributed by atoms with Crippen LogP contribution in [-0.4, -0.2) is 29.5 Å². The van der Waals surface area contributed by atoms with Crippen LogP contribution in [0.3, 0.4) is 0 Å². The first-order chi connectivity index (χ1) is 10.1. The summed E-state index contributed by atoms with van der Waals surface area (Å²) in [6, 6.07) is 4.72. The zero-order valence-electron chi connectivity index (χ0n) is 11.6. The Kier molecular flexibility index (Phi) is 5.10. The lowest BCUT2D eigenvalue weighted by molar-refractivity contribution is -0.121. The Morgan fingerprint density at radius 1 is 1.48 bits per heavy atom. The van der Waals surface area contributed by atoms with Gasteiger partial charge in [0.1, 0.15) is 5.82 Å². The van der Waals surface area contributed by atoms with E-state index < -0.39 is 5.82 Å². The van der Waals surface area contributed by atoms with Crippen LogP contribution in [0, 0.1) is 5.82 Å². The summed E-state index contributed by atoms with van der Waals surface area (Å²) in [7, 11) is 0. The molecule has 0 heterocycles. The van der Waals surface area contributed by atoms with E-state index in [-0.39, 0.29) is 11.7 Å². The van der Waals surface area contributed by atoms with Gasteiger partial charge in [0, 0.05) is 36.7 Å². The zero-order valence-corrected chi connectivity index (χ0v) is 11.6. The molecule has 0 atom stereocenters. The summed E-state index contributed by atoms with van der Waals surface area (Å²) in [5.74, 6) is -0.549. The molecule has 6 nitrogen and oxygen atoms in total. The summed E-state index contributed by atoms with van der Waals surface area (Å²) < 4.78 is 13.8. The summed E-state index contributed by atoms with van der Waals surface area (Å²) in [5.41, 5.74) is 6.17. The van der Waals surface area contributed by atoms with Gasteiger partial charge in [-0.15, -0.1) is 0 Å². The van der Waals surface area contributed by atoms with Crippen LogP contribution in [0.5, 0.6) is 0 Å². The van der Waals surface area contributed by atoms with Crippen molar-refractivity contribution in [1.82, 2.24) is 10.6 Å². The fourth-order valence-electron chi connectivity index (χ4n) is 1.86. The second-order valence-corrected chi connectivity index (χ2v) is 5.06. The molecular weight excluding hydrogens is 275 g/mol. The van der Waals surface area contributed by atoms with Crippen LogP contribution < -0.4 is 16.4 Å². The van der Waals surface area contributed by atoms with Crippen molar-refractivity contribution in [2.75, 3.05) is 6.54 Å². The topological polar surface area (TPSA) is 99.7 Å². The summed E-state index contributed by atoms with van der Waals surface area (Å²) in [6.07, 6.45) is 2.51. The lowest BCUT2D eigenvalue weighted by atomic mass is 10.1. The van der Waals surface area contributed by atoms with Gasteiger partial charge in [0.05, 0.1) is 0 Å². The van der Waals surface area contributed by atoms with E-state index in [1.54, 1.807) is 12.1 Å². The number of rotatable bonds is 7. The van der Waals surface area contributed by atoms with Crippen LogP contribution in [0.1, 0.15) is 30.4 Å². The molecule has 1 aromatic carbocycles. The van der Waals surface area contributed by atoms with E-state index in [0.717, 1.165) is 12.8 Å². The second kappa shape index (κ2) is 7.03. The van der Waals surface area contributed by atoms with Gasteiger partial charge in [-0.3, -0.25) is 4.79 Å². The molecule has 21 heavy (non-hydrogen) atoms. The monoisotopic (exact) mass is 294 g/mol. The standard InChI is InChI=1S/C14H19FN4O2/c15-12-7-9(14(16)19-21)1-2-10(12)8-17-6-5-13(20)18-11-3-4-11/h1-2,7,11,17,21H,3-6,8H2,(H2,16,19)(H,18,20). The minimum Gasteiger partial charge on any atom is -0.409 e. The van der Waals surface area contributed by atoms with Crippen molar-refractivity contribution < 1.29 is 14.4 Å². The minimum absolute atomic E-state index is 0.0211. The van der Waals surface area contributed by atoms with Gasteiger partial charge in [0.15, 0.2) is 5.84 Å². The van der Waals surface area contributed by atoms with Crippen molar-refractivity contribution in [3.8, 4) is 0 Å². The van der Waals surface area contributed by atoms with Gasteiger partial charge in [-0.2, -0.15) is 0 Å². The van der Waals surface area contributed by atoms with Gasteiger partial charge >= 0.3 is 0 Å². The molecule has 1 aliphatic carbocycles. The summed E-state index contributed by atoms with van der Waals surface area (Å²) in [4.78, 5) is 11.4. The molecule has 114 valence electrons. The fourth-order valence-corrected chi connectivity index (χ4v) is 1.86. The summed E-state index contributed by atoms with van der Waals surface area (Å²) >= 11 is 0. The third-order valence-corrected chi connectivity index (χ3v) is 3.24. The van der Waals surface area contributed by atoms with Crippen LogP contribution in [0.15, 0.2) is 23.4 Å². The number of nitrogens with zero attached hydrogens (tertiary/aromatic N) is 1. The van der Waals surface area contributed by atoms with Crippen molar-refractivity contribution in [3.63, 3.8) is 0 Å². The Bertz CT molecular complexity index is 544. The third kappa shape index (κ3) is 4.71. The average Bonchev–Trinajstić information content (AvgIpc) is 3.27. The van der Waals surface area contributed by atoms with E-state index in [2.05, 4.69) is 15.8 Å². The van der Waals surface area contributed by atoms with Crippen LogP contribution in [0.2, 0.25) is 0 Å². The number of amidine groups is 1. The van der Waals surface area contributed by atoms with Crippen molar-refractivity contribution in [1.29, 1.82) is 0 Å². The highest BCUT2D eigenvalue weighted by Crippen LogP contribution is 2.18. The maximum absolute atomic E-state index is 13.8. The molecule has 1 fully saturated rings. The van der Waals surface area contributed by atoms with Crippen LogP contribution in [-0.2, 0) is 11.3 Å². The van der Waals surface area contributed by atoms with Gasteiger partial charge in [0.25, 0.3) is 0 Å². The second-order valence-electron chi connectivity index (χ2n) is 5.06. The molecule has 2 rings (SSSR count). The summed E-state index contributed by atoms with van der Waals surface area (Å²) in [6.45, 7) is 0.805. The predicted molar refractivity (Wildman–Crippen MR) is 76.4 cm³/mol. The Morgan fingerprint density at radius 3 is 2.86 bits per heavy atom. The smallest absolute Gasteiger partial charge is 0.221 e. The maximum Gasteiger partial charge on any atom is 0.221 e. The maximum atomic E-state index is 13.8. The molecule has 0 radical (unpaired) electrons. The lowest BCUT2D eigenvalue weighted by Gasteiger charge is -2.08. The normalized spacial score (nSPS) is 15.0. The van der Waals surface area contributed by atoms with E-state index in [1.165, 1.54) is 6.07 Å². The fraction of sp³-hybridized carbons (Fsp3) is 0.429. The molecule has 1 amide bonds. The molecule has 7 heteroatoms. The Labute approximate surface area is 122 Å². The molecule has 0 saturated heterocycles.